The summed E-state index contributed by atoms with van der Waals surface area (Å²) >= 11 is 5.63. The molecule has 2 aromatic carbocycles. The molecule has 6 nitrogen and oxygen atoms in total. The first-order valence-corrected chi connectivity index (χ1v) is 8.23. The van der Waals surface area contributed by atoms with Crippen molar-refractivity contribution in [1.82, 2.24) is 10.9 Å². The molecule has 26 heavy (non-hydrogen) atoms. The molecule has 0 heterocycles. The van der Waals surface area contributed by atoms with E-state index in [9.17, 15) is 14.0 Å². The minimum absolute atomic E-state index is 0.167. The second-order valence-corrected chi connectivity index (χ2v) is 5.67. The summed E-state index contributed by atoms with van der Waals surface area (Å²) in [6.07, 6.45) is -0.886. The van der Waals surface area contributed by atoms with Crippen LogP contribution in [-0.4, -0.2) is 24.5 Å². The van der Waals surface area contributed by atoms with Crippen molar-refractivity contribution in [3.63, 3.8) is 0 Å². The molecule has 0 aliphatic rings. The van der Waals surface area contributed by atoms with E-state index >= 15 is 0 Å². The normalized spacial score (nSPS) is 11.4. The summed E-state index contributed by atoms with van der Waals surface area (Å²) in [6, 6.07) is 10.4. The highest BCUT2D eigenvalue weighted by Gasteiger charge is 2.17. The Kier molecular flexibility index (Phi) is 6.80. The molecule has 0 unspecified atom stereocenters. The van der Waals surface area contributed by atoms with Gasteiger partial charge in [0.15, 0.2) is 6.10 Å². The maximum atomic E-state index is 13.7. The molecule has 1 atom stereocenters. The van der Waals surface area contributed by atoms with Crippen molar-refractivity contribution in [2.75, 3.05) is 6.61 Å². The average Bonchev–Trinajstić information content (AvgIpc) is 2.61. The third-order valence-corrected chi connectivity index (χ3v) is 3.53. The zero-order valence-electron chi connectivity index (χ0n) is 14.2. The van der Waals surface area contributed by atoms with Gasteiger partial charge in [0.25, 0.3) is 11.8 Å². The number of hydrogen-bond acceptors (Lipinski definition) is 4. The Hall–Kier alpha value is -2.80. The standard InChI is InChI=1S/C18H18ClFN2O4/c1-3-25-13-5-7-14(8-6-13)26-11(2)17(23)21-22-18(24)15-9-4-12(19)10-16(15)20/h4-11H,3H2,1-2H3,(H,21,23)(H,22,24)/t11-/m1/s1. The summed E-state index contributed by atoms with van der Waals surface area (Å²) in [4.78, 5) is 23.9. The fourth-order valence-electron chi connectivity index (χ4n) is 2.00. The number of rotatable bonds is 6. The number of ether oxygens (including phenoxy) is 2. The highest BCUT2D eigenvalue weighted by atomic mass is 35.5. The zero-order chi connectivity index (χ0) is 19.1. The van der Waals surface area contributed by atoms with E-state index in [2.05, 4.69) is 10.9 Å². The highest BCUT2D eigenvalue weighted by Crippen LogP contribution is 2.18. The smallest absolute Gasteiger partial charge is 0.279 e. The van der Waals surface area contributed by atoms with E-state index in [4.69, 9.17) is 21.1 Å². The summed E-state index contributed by atoms with van der Waals surface area (Å²) in [5.41, 5.74) is 4.08. The van der Waals surface area contributed by atoms with Gasteiger partial charge in [-0.3, -0.25) is 20.4 Å². The highest BCUT2D eigenvalue weighted by molar-refractivity contribution is 6.30. The summed E-state index contributed by atoms with van der Waals surface area (Å²) in [5, 5.41) is 0.167. The number of halogens is 2. The van der Waals surface area contributed by atoms with Crippen LogP contribution in [0, 0.1) is 5.82 Å². The largest absolute Gasteiger partial charge is 0.494 e. The Labute approximate surface area is 155 Å². The molecule has 138 valence electrons. The molecule has 2 aromatic rings. The van der Waals surface area contributed by atoms with Crippen LogP contribution in [-0.2, 0) is 4.79 Å². The molecule has 0 bridgehead atoms. The van der Waals surface area contributed by atoms with Gasteiger partial charge in [-0.15, -0.1) is 0 Å². The molecule has 0 fully saturated rings. The van der Waals surface area contributed by atoms with E-state index in [0.717, 1.165) is 6.07 Å². The summed E-state index contributed by atoms with van der Waals surface area (Å²) in [5.74, 6) is -1.04. The number of hydrazine groups is 1. The van der Waals surface area contributed by atoms with Crippen LogP contribution >= 0.6 is 11.6 Å². The van der Waals surface area contributed by atoms with Gasteiger partial charge >= 0.3 is 0 Å². The molecule has 2 amide bonds. The number of nitrogens with one attached hydrogen (secondary N) is 2. The maximum absolute atomic E-state index is 13.7. The first kappa shape index (κ1) is 19.5. The van der Waals surface area contributed by atoms with E-state index in [-0.39, 0.29) is 10.6 Å². The summed E-state index contributed by atoms with van der Waals surface area (Å²) in [6.45, 7) is 3.94. The van der Waals surface area contributed by atoms with E-state index in [1.54, 1.807) is 24.3 Å². The van der Waals surface area contributed by atoms with Crippen LogP contribution in [0.2, 0.25) is 5.02 Å². The third kappa shape index (κ3) is 5.35. The Morgan fingerprint density at radius 3 is 2.38 bits per heavy atom. The van der Waals surface area contributed by atoms with Crippen LogP contribution in [0.1, 0.15) is 24.2 Å². The van der Waals surface area contributed by atoms with Crippen LogP contribution in [0.3, 0.4) is 0 Å². The number of carbonyl (C=O) groups is 2. The second kappa shape index (κ2) is 9.05. The molecule has 0 radical (unpaired) electrons. The lowest BCUT2D eigenvalue weighted by atomic mass is 10.2. The van der Waals surface area contributed by atoms with Gasteiger partial charge in [0.1, 0.15) is 17.3 Å². The fraction of sp³-hybridized carbons (Fsp3) is 0.222. The van der Waals surface area contributed by atoms with Crippen LogP contribution in [0.15, 0.2) is 42.5 Å². The van der Waals surface area contributed by atoms with Gasteiger partial charge in [0, 0.05) is 5.02 Å². The fourth-order valence-corrected chi connectivity index (χ4v) is 2.16. The number of amides is 2. The van der Waals surface area contributed by atoms with Crippen molar-refractivity contribution in [2.45, 2.75) is 20.0 Å². The molecule has 0 aliphatic heterocycles. The molecule has 8 heteroatoms. The van der Waals surface area contributed by atoms with Crippen molar-refractivity contribution in [3.05, 3.63) is 58.9 Å². The molecule has 0 saturated carbocycles. The van der Waals surface area contributed by atoms with Crippen molar-refractivity contribution in [2.24, 2.45) is 0 Å². The van der Waals surface area contributed by atoms with Crippen LogP contribution in [0.25, 0.3) is 0 Å². The van der Waals surface area contributed by atoms with E-state index in [1.807, 2.05) is 6.92 Å². The molecule has 0 spiro atoms. The zero-order valence-corrected chi connectivity index (χ0v) is 15.0. The van der Waals surface area contributed by atoms with Crippen LogP contribution in [0.4, 0.5) is 4.39 Å². The van der Waals surface area contributed by atoms with E-state index in [0.29, 0.717) is 18.1 Å². The Bertz CT molecular complexity index is 783. The lowest BCUT2D eigenvalue weighted by Gasteiger charge is -2.15. The van der Waals surface area contributed by atoms with Gasteiger partial charge in [-0.1, -0.05) is 11.6 Å². The predicted octanol–water partition coefficient (Wildman–Crippen LogP) is 3.11. The molecule has 0 saturated heterocycles. The molecule has 2 N–H and O–H groups in total. The molecule has 0 aliphatic carbocycles. The van der Waals surface area contributed by atoms with Crippen LogP contribution < -0.4 is 20.3 Å². The van der Waals surface area contributed by atoms with E-state index < -0.39 is 23.7 Å². The SMILES string of the molecule is CCOc1ccc(O[C@H](C)C(=O)NNC(=O)c2ccc(Cl)cc2F)cc1. The predicted molar refractivity (Wildman–Crippen MR) is 94.7 cm³/mol. The average molecular weight is 381 g/mol. The van der Waals surface area contributed by atoms with Gasteiger partial charge in [0.2, 0.25) is 0 Å². The second-order valence-electron chi connectivity index (χ2n) is 5.23. The van der Waals surface area contributed by atoms with Crippen molar-refractivity contribution >= 4 is 23.4 Å². The summed E-state index contributed by atoms with van der Waals surface area (Å²) < 4.78 is 24.5. The van der Waals surface area contributed by atoms with Gasteiger partial charge < -0.3 is 9.47 Å². The number of hydrogen-bond donors (Lipinski definition) is 2. The van der Waals surface area contributed by atoms with Gasteiger partial charge in [-0.05, 0) is 56.3 Å². The van der Waals surface area contributed by atoms with E-state index in [1.165, 1.54) is 19.1 Å². The summed E-state index contributed by atoms with van der Waals surface area (Å²) in [7, 11) is 0. The number of carbonyl (C=O) groups excluding carboxylic acids is 2. The first-order chi connectivity index (χ1) is 12.4. The van der Waals surface area contributed by atoms with Crippen LogP contribution in [0.5, 0.6) is 11.5 Å². The van der Waals surface area contributed by atoms with Crippen molar-refractivity contribution in [3.8, 4) is 11.5 Å². The Morgan fingerprint density at radius 1 is 1.12 bits per heavy atom. The molecular weight excluding hydrogens is 363 g/mol. The quantitative estimate of drug-likeness (QED) is 0.755. The lowest BCUT2D eigenvalue weighted by molar-refractivity contribution is -0.128. The minimum atomic E-state index is -0.886. The Balaban J connectivity index is 1.87. The lowest BCUT2D eigenvalue weighted by Crippen LogP contribution is -2.47. The topological polar surface area (TPSA) is 76.7 Å². The monoisotopic (exact) mass is 380 g/mol. The number of benzene rings is 2. The van der Waals surface area contributed by atoms with Gasteiger partial charge in [-0.2, -0.15) is 0 Å². The van der Waals surface area contributed by atoms with Gasteiger partial charge in [0.05, 0.1) is 12.2 Å². The van der Waals surface area contributed by atoms with Crippen molar-refractivity contribution in [1.29, 1.82) is 0 Å². The molecule has 2 rings (SSSR count). The van der Waals surface area contributed by atoms with Gasteiger partial charge in [-0.25, -0.2) is 4.39 Å². The maximum Gasteiger partial charge on any atom is 0.279 e. The van der Waals surface area contributed by atoms with Crippen molar-refractivity contribution < 1.29 is 23.5 Å². The molecular formula is C18H18ClFN2O4. The Morgan fingerprint density at radius 2 is 1.77 bits per heavy atom. The molecule has 0 aromatic heterocycles. The first-order valence-electron chi connectivity index (χ1n) is 7.85. The third-order valence-electron chi connectivity index (χ3n) is 3.29. The minimum Gasteiger partial charge on any atom is -0.494 e.